The number of rotatable bonds is 7. The number of hydrogen-bond acceptors (Lipinski definition) is 7. The third-order valence-electron chi connectivity index (χ3n) is 5.79. The van der Waals surface area contributed by atoms with Gasteiger partial charge in [0.25, 0.3) is 5.91 Å². The number of thioether (sulfide) groups is 1. The lowest BCUT2D eigenvalue weighted by Crippen LogP contribution is -2.31. The molecule has 1 aliphatic heterocycles. The van der Waals surface area contributed by atoms with E-state index in [1.54, 1.807) is 30.2 Å². The van der Waals surface area contributed by atoms with E-state index in [1.165, 1.54) is 0 Å². The molecule has 1 amide bonds. The number of nitrogens with one attached hydrogen (secondary N) is 2. The van der Waals surface area contributed by atoms with Crippen LogP contribution in [0.2, 0.25) is 0 Å². The summed E-state index contributed by atoms with van der Waals surface area (Å²) in [5.41, 5.74) is 4.31. The molecule has 0 radical (unpaired) electrons. The number of aromatic nitrogens is 3. The average molecular weight is 504 g/mol. The molecule has 4 aromatic rings. The van der Waals surface area contributed by atoms with Crippen molar-refractivity contribution in [3.63, 3.8) is 0 Å². The molecule has 9 heteroatoms. The number of amides is 1. The highest BCUT2D eigenvalue weighted by Gasteiger charge is 2.35. The molecule has 3 heterocycles. The van der Waals surface area contributed by atoms with E-state index >= 15 is 0 Å². The largest absolute Gasteiger partial charge is 0.497 e. The van der Waals surface area contributed by atoms with Crippen molar-refractivity contribution in [2.24, 2.45) is 0 Å². The van der Waals surface area contributed by atoms with Gasteiger partial charge in [-0.25, -0.2) is 4.68 Å². The molecule has 1 aliphatic rings. The van der Waals surface area contributed by atoms with Crippen LogP contribution in [0.3, 0.4) is 0 Å². The molecule has 5 rings (SSSR count). The molecule has 1 unspecified atom stereocenters. The number of allylic oxidation sites excluding steroid dienone is 1. The lowest BCUT2D eigenvalue weighted by Gasteiger charge is -2.27. The van der Waals surface area contributed by atoms with E-state index in [2.05, 4.69) is 16.7 Å². The second kappa shape index (κ2) is 9.97. The van der Waals surface area contributed by atoms with E-state index in [4.69, 9.17) is 14.8 Å². The van der Waals surface area contributed by atoms with E-state index in [0.29, 0.717) is 22.4 Å². The van der Waals surface area contributed by atoms with Gasteiger partial charge in [0, 0.05) is 22.0 Å². The quantitative estimate of drug-likeness (QED) is 0.307. The summed E-state index contributed by atoms with van der Waals surface area (Å²) in [5.74, 6) is 2.00. The van der Waals surface area contributed by atoms with Gasteiger partial charge in [-0.15, -0.1) is 16.4 Å². The predicted octanol–water partition coefficient (Wildman–Crippen LogP) is 5.88. The normalized spacial score (nSPS) is 14.9. The van der Waals surface area contributed by atoms with Gasteiger partial charge in [0.1, 0.15) is 11.8 Å². The third kappa shape index (κ3) is 4.82. The Bertz CT molecular complexity index is 1390. The van der Waals surface area contributed by atoms with Crippen LogP contribution < -0.4 is 15.4 Å². The molecule has 2 N–H and O–H groups in total. The summed E-state index contributed by atoms with van der Waals surface area (Å²) in [7, 11) is 1.66. The molecular formula is C26H25N5O2S2. The van der Waals surface area contributed by atoms with Crippen LogP contribution in [0.15, 0.2) is 82.5 Å². The highest BCUT2D eigenvalue weighted by atomic mass is 32.2. The number of anilines is 2. The molecule has 7 nitrogen and oxygen atoms in total. The number of aryl methyl sites for hydroxylation is 1. The molecule has 0 aliphatic carbocycles. The molecule has 0 spiro atoms. The lowest BCUT2D eigenvalue weighted by atomic mass is 10.0. The van der Waals surface area contributed by atoms with Crippen molar-refractivity contribution in [3.8, 4) is 5.75 Å². The highest BCUT2D eigenvalue weighted by molar-refractivity contribution is 7.98. The van der Waals surface area contributed by atoms with Crippen LogP contribution in [0, 0.1) is 6.92 Å². The number of thiophene rings is 1. The molecule has 2 aromatic carbocycles. The van der Waals surface area contributed by atoms with Gasteiger partial charge in [-0.1, -0.05) is 48.2 Å². The SMILES string of the molecule is COc1cccc(CSc2nc3n(n2)C(c2cccs2)C(C(=O)Nc2ccccc2C)=C(C)N3)c1. The van der Waals surface area contributed by atoms with Crippen molar-refractivity contribution in [3.05, 3.63) is 93.3 Å². The predicted molar refractivity (Wildman–Crippen MR) is 141 cm³/mol. The van der Waals surface area contributed by atoms with Crippen molar-refractivity contribution >= 4 is 40.6 Å². The average Bonchev–Trinajstić information content (AvgIpc) is 3.53. The number of hydrogen-bond donors (Lipinski definition) is 2. The number of para-hydroxylation sites is 1. The summed E-state index contributed by atoms with van der Waals surface area (Å²) in [6.45, 7) is 3.89. The molecule has 35 heavy (non-hydrogen) atoms. The first kappa shape index (κ1) is 23.2. The van der Waals surface area contributed by atoms with Crippen LogP contribution in [0.4, 0.5) is 11.6 Å². The summed E-state index contributed by atoms with van der Waals surface area (Å²) in [5, 5.41) is 13.8. The van der Waals surface area contributed by atoms with Crippen molar-refractivity contribution in [1.29, 1.82) is 0 Å². The van der Waals surface area contributed by atoms with Crippen LogP contribution in [-0.4, -0.2) is 27.8 Å². The van der Waals surface area contributed by atoms with Gasteiger partial charge in [-0.2, -0.15) is 4.98 Å². The fraction of sp³-hybridized carbons (Fsp3) is 0.192. The minimum atomic E-state index is -0.367. The molecule has 178 valence electrons. The van der Waals surface area contributed by atoms with Gasteiger partial charge in [-0.05, 0) is 54.6 Å². The summed E-state index contributed by atoms with van der Waals surface area (Å²) >= 11 is 3.14. The highest BCUT2D eigenvalue weighted by Crippen LogP contribution is 2.38. The van der Waals surface area contributed by atoms with Crippen molar-refractivity contribution < 1.29 is 9.53 Å². The smallest absolute Gasteiger partial charge is 0.255 e. The Hall–Kier alpha value is -3.56. The summed E-state index contributed by atoms with van der Waals surface area (Å²) in [6, 6.07) is 19.4. The number of nitrogens with zero attached hydrogens (tertiary/aromatic N) is 3. The summed E-state index contributed by atoms with van der Waals surface area (Å²) in [6.07, 6.45) is 0. The van der Waals surface area contributed by atoms with Crippen molar-refractivity contribution in [2.75, 3.05) is 17.7 Å². The maximum absolute atomic E-state index is 13.5. The van der Waals surface area contributed by atoms with E-state index < -0.39 is 0 Å². The van der Waals surface area contributed by atoms with E-state index in [0.717, 1.165) is 33.1 Å². The van der Waals surface area contributed by atoms with E-state index in [1.807, 2.05) is 78.5 Å². The number of methoxy groups -OCH3 is 1. The Labute approximate surface area is 212 Å². The van der Waals surface area contributed by atoms with Gasteiger partial charge in [-0.3, -0.25) is 4.79 Å². The van der Waals surface area contributed by atoms with E-state index in [9.17, 15) is 4.79 Å². The first-order valence-electron chi connectivity index (χ1n) is 11.1. The van der Waals surface area contributed by atoms with Crippen LogP contribution in [0.25, 0.3) is 0 Å². The maximum Gasteiger partial charge on any atom is 0.255 e. The first-order chi connectivity index (χ1) is 17.0. The fourth-order valence-electron chi connectivity index (χ4n) is 4.01. The fourth-order valence-corrected chi connectivity index (χ4v) is 5.60. The summed E-state index contributed by atoms with van der Waals surface area (Å²) in [4.78, 5) is 19.3. The van der Waals surface area contributed by atoms with Gasteiger partial charge in [0.05, 0.1) is 12.7 Å². The molecule has 2 aromatic heterocycles. The van der Waals surface area contributed by atoms with Crippen LogP contribution in [0.5, 0.6) is 5.75 Å². The molecule has 0 bridgehead atoms. The Morgan fingerprint density at radius 2 is 2.03 bits per heavy atom. The first-order valence-corrected chi connectivity index (χ1v) is 13.0. The number of carbonyl (C=O) groups excluding carboxylic acids is 1. The maximum atomic E-state index is 13.5. The number of fused-ring (bicyclic) bond motifs is 1. The lowest BCUT2D eigenvalue weighted by molar-refractivity contribution is -0.113. The topological polar surface area (TPSA) is 81.1 Å². The standard InChI is InChI=1S/C26H25N5O2S2/c1-16-8-4-5-11-20(16)28-24(32)22-17(2)27-25-29-26(30-31(25)23(22)21-12-7-13-34-21)35-15-18-9-6-10-19(14-18)33-3/h4-14,23H,15H2,1-3H3,(H,28,32)(H,27,29,30). The summed E-state index contributed by atoms with van der Waals surface area (Å²) < 4.78 is 7.15. The molecule has 0 fully saturated rings. The second-order valence-corrected chi connectivity index (χ2v) is 10.1. The Morgan fingerprint density at radius 3 is 2.80 bits per heavy atom. The zero-order chi connectivity index (χ0) is 24.4. The van der Waals surface area contributed by atoms with Gasteiger partial charge >= 0.3 is 0 Å². The monoisotopic (exact) mass is 503 g/mol. The molecule has 0 saturated heterocycles. The Balaban J connectivity index is 1.44. The number of ether oxygens (including phenoxy) is 1. The van der Waals surface area contributed by atoms with E-state index in [-0.39, 0.29) is 11.9 Å². The Morgan fingerprint density at radius 1 is 1.17 bits per heavy atom. The zero-order valence-electron chi connectivity index (χ0n) is 19.6. The zero-order valence-corrected chi connectivity index (χ0v) is 21.2. The number of benzene rings is 2. The molecule has 1 atom stereocenters. The molecular weight excluding hydrogens is 478 g/mol. The van der Waals surface area contributed by atoms with Crippen molar-refractivity contribution in [2.45, 2.75) is 30.8 Å². The minimum Gasteiger partial charge on any atom is -0.497 e. The minimum absolute atomic E-state index is 0.158. The van der Waals surface area contributed by atoms with Gasteiger partial charge in [0.2, 0.25) is 11.1 Å². The third-order valence-corrected chi connectivity index (χ3v) is 7.62. The van der Waals surface area contributed by atoms with Gasteiger partial charge in [0.15, 0.2) is 0 Å². The van der Waals surface area contributed by atoms with Crippen LogP contribution in [0.1, 0.15) is 29.0 Å². The Kier molecular flexibility index (Phi) is 6.61. The number of carbonyl (C=O) groups is 1. The molecule has 0 saturated carbocycles. The second-order valence-electron chi connectivity index (χ2n) is 8.15. The van der Waals surface area contributed by atoms with Gasteiger partial charge < -0.3 is 15.4 Å². The van der Waals surface area contributed by atoms with Crippen LogP contribution in [-0.2, 0) is 10.5 Å². The van der Waals surface area contributed by atoms with Crippen LogP contribution >= 0.6 is 23.1 Å². The van der Waals surface area contributed by atoms with Crippen molar-refractivity contribution in [1.82, 2.24) is 14.8 Å².